The van der Waals surface area contributed by atoms with Gasteiger partial charge in [0.15, 0.2) is 0 Å². The van der Waals surface area contributed by atoms with E-state index in [1.807, 2.05) is 0 Å². The fraction of sp³-hybridized carbons (Fsp3) is 0.857. The topological polar surface area (TPSA) is 20.2 Å². The first-order chi connectivity index (χ1) is 7.18. The molecule has 3 aliphatic carbocycles. The van der Waals surface area contributed by atoms with Crippen LogP contribution in [0.4, 0.5) is 0 Å². The highest BCUT2D eigenvalue weighted by Crippen LogP contribution is 2.54. The summed E-state index contributed by atoms with van der Waals surface area (Å²) in [5, 5.41) is 10.3. The molecule has 2 fully saturated rings. The fourth-order valence-corrected chi connectivity index (χ4v) is 4.36. The number of aliphatic hydroxyl groups is 1. The van der Waals surface area contributed by atoms with Crippen LogP contribution >= 0.6 is 0 Å². The maximum atomic E-state index is 10.3. The first kappa shape index (κ1) is 9.89. The Hall–Kier alpha value is -0.300. The molecule has 4 bridgehead atoms. The van der Waals surface area contributed by atoms with Gasteiger partial charge in [-0.15, -0.1) is 0 Å². The second kappa shape index (κ2) is 3.35. The van der Waals surface area contributed by atoms with E-state index in [1.165, 1.54) is 25.7 Å². The van der Waals surface area contributed by atoms with E-state index in [0.717, 1.165) is 5.92 Å². The van der Waals surface area contributed by atoms with Crippen molar-refractivity contribution < 1.29 is 5.11 Å². The van der Waals surface area contributed by atoms with Gasteiger partial charge in [0.05, 0.1) is 6.10 Å². The summed E-state index contributed by atoms with van der Waals surface area (Å²) in [6.07, 6.45) is 7.75. The molecular weight excluding hydrogens is 184 g/mol. The van der Waals surface area contributed by atoms with Gasteiger partial charge in [0, 0.05) is 0 Å². The molecule has 0 amide bonds. The molecule has 0 aromatic carbocycles. The Balaban J connectivity index is 1.95. The van der Waals surface area contributed by atoms with Crippen LogP contribution in [0, 0.1) is 29.6 Å². The summed E-state index contributed by atoms with van der Waals surface area (Å²) in [5.41, 5.74) is 1.66. The van der Waals surface area contributed by atoms with E-state index in [4.69, 9.17) is 0 Å². The third kappa shape index (κ3) is 1.32. The molecule has 2 saturated carbocycles. The molecular formula is C14H22O. The Bertz CT molecular complexity index is 292. The van der Waals surface area contributed by atoms with E-state index in [0.29, 0.717) is 23.7 Å². The summed E-state index contributed by atoms with van der Waals surface area (Å²) in [7, 11) is 0. The van der Waals surface area contributed by atoms with E-state index in [1.54, 1.807) is 5.57 Å². The van der Waals surface area contributed by atoms with Crippen LogP contribution < -0.4 is 0 Å². The SMILES string of the molecule is CC(C)C1=CC2CC1C1CCCC2C1O. The number of fused-ring (bicyclic) bond motifs is 6. The van der Waals surface area contributed by atoms with Gasteiger partial charge in [-0.05, 0) is 48.9 Å². The first-order valence-corrected chi connectivity index (χ1v) is 6.58. The highest BCUT2D eigenvalue weighted by Gasteiger charge is 2.49. The fourth-order valence-electron chi connectivity index (χ4n) is 4.36. The molecule has 0 aromatic rings. The third-order valence-corrected chi connectivity index (χ3v) is 5.05. The van der Waals surface area contributed by atoms with Crippen LogP contribution in [0.1, 0.15) is 39.5 Å². The monoisotopic (exact) mass is 206 g/mol. The highest BCUT2D eigenvalue weighted by molar-refractivity contribution is 5.24. The molecule has 1 heteroatoms. The van der Waals surface area contributed by atoms with Gasteiger partial charge in [-0.1, -0.05) is 31.9 Å². The van der Waals surface area contributed by atoms with Crippen molar-refractivity contribution >= 4 is 0 Å². The molecule has 0 aromatic heterocycles. The first-order valence-electron chi connectivity index (χ1n) is 6.58. The van der Waals surface area contributed by atoms with Gasteiger partial charge in [-0.25, -0.2) is 0 Å². The van der Waals surface area contributed by atoms with Crippen LogP contribution in [0.2, 0.25) is 0 Å². The standard InChI is InChI=1S/C14H22O/c1-8(2)12-6-9-7-13(12)11-5-3-4-10(9)14(11)15/h6,8-11,13-15H,3-5,7H2,1-2H3. The van der Waals surface area contributed by atoms with Crippen LogP contribution in [0.3, 0.4) is 0 Å². The number of rotatable bonds is 1. The molecule has 0 spiro atoms. The lowest BCUT2D eigenvalue weighted by Crippen LogP contribution is -2.44. The zero-order chi connectivity index (χ0) is 10.6. The maximum absolute atomic E-state index is 10.3. The number of hydrogen-bond donors (Lipinski definition) is 1. The normalized spacial score (nSPS) is 48.3. The Morgan fingerprint density at radius 2 is 2.00 bits per heavy atom. The predicted molar refractivity (Wildman–Crippen MR) is 61.4 cm³/mol. The quantitative estimate of drug-likeness (QED) is 0.654. The molecule has 1 N–H and O–H groups in total. The summed E-state index contributed by atoms with van der Waals surface area (Å²) >= 11 is 0. The van der Waals surface area contributed by atoms with Gasteiger partial charge in [0.2, 0.25) is 0 Å². The van der Waals surface area contributed by atoms with E-state index in [9.17, 15) is 5.11 Å². The summed E-state index contributed by atoms with van der Waals surface area (Å²) in [5.74, 6) is 3.31. The van der Waals surface area contributed by atoms with Crippen molar-refractivity contribution in [3.05, 3.63) is 11.6 Å². The molecule has 3 rings (SSSR count). The lowest BCUT2D eigenvalue weighted by molar-refractivity contribution is -0.0477. The third-order valence-electron chi connectivity index (χ3n) is 5.05. The molecule has 5 atom stereocenters. The minimum absolute atomic E-state index is 0.00926. The molecule has 84 valence electrons. The summed E-state index contributed by atoms with van der Waals surface area (Å²) in [4.78, 5) is 0. The van der Waals surface area contributed by atoms with Gasteiger partial charge in [-0.3, -0.25) is 0 Å². The van der Waals surface area contributed by atoms with Crippen LogP contribution in [0.15, 0.2) is 11.6 Å². The summed E-state index contributed by atoms with van der Waals surface area (Å²) < 4.78 is 0. The van der Waals surface area contributed by atoms with Crippen molar-refractivity contribution in [2.75, 3.05) is 0 Å². The second-order valence-corrected chi connectivity index (χ2v) is 6.08. The van der Waals surface area contributed by atoms with Gasteiger partial charge < -0.3 is 5.11 Å². The zero-order valence-corrected chi connectivity index (χ0v) is 9.82. The molecule has 1 nitrogen and oxygen atoms in total. The van der Waals surface area contributed by atoms with E-state index >= 15 is 0 Å². The van der Waals surface area contributed by atoms with E-state index in [-0.39, 0.29) is 6.10 Å². The summed E-state index contributed by atoms with van der Waals surface area (Å²) in [6.45, 7) is 4.62. The lowest BCUT2D eigenvalue weighted by atomic mass is 9.62. The Morgan fingerprint density at radius 3 is 2.73 bits per heavy atom. The van der Waals surface area contributed by atoms with Crippen molar-refractivity contribution in [2.45, 2.75) is 45.6 Å². The van der Waals surface area contributed by atoms with Crippen molar-refractivity contribution in [1.82, 2.24) is 0 Å². The number of hydrogen-bond acceptors (Lipinski definition) is 1. The molecule has 3 aliphatic rings. The van der Waals surface area contributed by atoms with Gasteiger partial charge in [0.1, 0.15) is 0 Å². The van der Waals surface area contributed by atoms with Crippen LogP contribution in [0.25, 0.3) is 0 Å². The van der Waals surface area contributed by atoms with E-state index in [2.05, 4.69) is 19.9 Å². The van der Waals surface area contributed by atoms with Crippen molar-refractivity contribution in [3.63, 3.8) is 0 Å². The average molecular weight is 206 g/mol. The maximum Gasteiger partial charge on any atom is 0.0607 e. The van der Waals surface area contributed by atoms with Crippen LogP contribution in [0.5, 0.6) is 0 Å². The largest absolute Gasteiger partial charge is 0.393 e. The Kier molecular flexibility index (Phi) is 2.21. The second-order valence-electron chi connectivity index (χ2n) is 6.08. The van der Waals surface area contributed by atoms with Gasteiger partial charge >= 0.3 is 0 Å². The van der Waals surface area contributed by atoms with Crippen molar-refractivity contribution in [1.29, 1.82) is 0 Å². The van der Waals surface area contributed by atoms with Crippen molar-refractivity contribution in [2.24, 2.45) is 29.6 Å². The molecule has 0 heterocycles. The van der Waals surface area contributed by atoms with Gasteiger partial charge in [-0.2, -0.15) is 0 Å². The van der Waals surface area contributed by atoms with Crippen molar-refractivity contribution in [3.8, 4) is 0 Å². The minimum Gasteiger partial charge on any atom is -0.393 e. The molecule has 0 aliphatic heterocycles. The zero-order valence-electron chi connectivity index (χ0n) is 9.82. The Morgan fingerprint density at radius 1 is 1.27 bits per heavy atom. The lowest BCUT2D eigenvalue weighted by Gasteiger charge is -2.45. The molecule has 0 saturated heterocycles. The van der Waals surface area contributed by atoms with Crippen LogP contribution in [-0.4, -0.2) is 11.2 Å². The summed E-state index contributed by atoms with van der Waals surface area (Å²) in [6, 6.07) is 0. The highest BCUT2D eigenvalue weighted by atomic mass is 16.3. The molecule has 15 heavy (non-hydrogen) atoms. The smallest absolute Gasteiger partial charge is 0.0607 e. The Labute approximate surface area is 92.6 Å². The minimum atomic E-state index is 0.00926. The van der Waals surface area contributed by atoms with Gasteiger partial charge in [0.25, 0.3) is 0 Å². The average Bonchev–Trinajstić information content (AvgIpc) is 2.57. The number of allylic oxidation sites excluding steroid dienone is 2. The number of aliphatic hydroxyl groups excluding tert-OH is 1. The van der Waals surface area contributed by atoms with E-state index < -0.39 is 0 Å². The van der Waals surface area contributed by atoms with Crippen LogP contribution in [-0.2, 0) is 0 Å². The predicted octanol–water partition coefficient (Wildman–Crippen LogP) is 3.00. The molecule has 0 radical (unpaired) electrons. The molecule has 5 unspecified atom stereocenters.